The number of hydrogen-bond donors (Lipinski definition) is 0. The Morgan fingerprint density at radius 2 is 0.525 bits per heavy atom. The van der Waals surface area contributed by atoms with Gasteiger partial charge < -0.3 is 14.2 Å². The average molecular weight is 1100 g/mol. The van der Waals surface area contributed by atoms with Crippen molar-refractivity contribution in [3.8, 4) is 0 Å². The minimum atomic E-state index is -0.854. The smallest absolute Gasteiger partial charge is 0.310 e. The zero-order valence-electron chi connectivity index (χ0n) is 51.0. The number of ether oxygens (including phenoxy) is 3. The topological polar surface area (TPSA) is 78.9 Å². The van der Waals surface area contributed by atoms with E-state index in [0.717, 1.165) is 154 Å². The van der Waals surface area contributed by atoms with Gasteiger partial charge in [0, 0.05) is 12.8 Å². The summed E-state index contributed by atoms with van der Waals surface area (Å²) < 4.78 is 16.7. The van der Waals surface area contributed by atoms with Crippen LogP contribution < -0.4 is 0 Å². The van der Waals surface area contributed by atoms with Crippen LogP contribution >= 0.6 is 0 Å². The molecule has 80 heavy (non-hydrogen) atoms. The largest absolute Gasteiger partial charge is 0.462 e. The molecule has 0 amide bonds. The molecule has 0 N–H and O–H groups in total. The molecule has 0 aliphatic heterocycles. The van der Waals surface area contributed by atoms with Crippen molar-refractivity contribution in [2.24, 2.45) is 0 Å². The molecule has 1 atom stereocenters. The van der Waals surface area contributed by atoms with Crippen LogP contribution in [0.5, 0.6) is 0 Å². The first kappa shape index (κ1) is 74.5. The third-order valence-corrected chi connectivity index (χ3v) is 12.7. The summed E-state index contributed by atoms with van der Waals surface area (Å²) in [6.45, 7) is 6.28. The van der Waals surface area contributed by atoms with Crippen LogP contribution in [0.2, 0.25) is 0 Å². The molecule has 0 fully saturated rings. The highest BCUT2D eigenvalue weighted by molar-refractivity contribution is 5.72. The van der Waals surface area contributed by atoms with Gasteiger partial charge in [-0.15, -0.1) is 0 Å². The van der Waals surface area contributed by atoms with Gasteiger partial charge in [-0.3, -0.25) is 14.4 Å². The van der Waals surface area contributed by atoms with Crippen LogP contribution in [0.25, 0.3) is 0 Å². The summed E-state index contributed by atoms with van der Waals surface area (Å²) >= 11 is 0. The summed E-state index contributed by atoms with van der Waals surface area (Å²) in [6.07, 6.45) is 99.2. The highest BCUT2D eigenvalue weighted by atomic mass is 16.6. The van der Waals surface area contributed by atoms with Gasteiger partial charge in [0.15, 0.2) is 6.10 Å². The standard InChI is InChI=1S/C74H114O6/c1-4-7-10-13-16-19-22-25-28-29-30-31-32-33-34-35-36-37-38-39-40-41-42-43-44-45-47-49-52-55-58-61-64-67-73(76)79-70-71(69-78-72(75)66-63-60-57-54-51-48-27-24-21-18-15-12-9-6-3)80-74(77)68-65-62-59-56-53-50-46-26-23-20-17-14-11-8-5-2/h7-8,10-11,16-17,19-20,24-28,30-31,33-34,36-37,39-40,42-43,45-47,53,56,62,65,71H,4-6,9,12-15,18,21-23,29,32,35,38,41,44,48-52,54-55,57-61,63-64,66-70H2,1-3H3/b10-7-,11-8-,19-16-,20-17-,27-24-,28-25-,31-30-,34-33-,37-36-,40-39-,43-42-,46-26-,47-45-,56-53-,65-62-. The van der Waals surface area contributed by atoms with Crippen molar-refractivity contribution in [3.05, 3.63) is 182 Å². The summed E-state index contributed by atoms with van der Waals surface area (Å²) in [5.74, 6) is -1.10. The second-order valence-corrected chi connectivity index (χ2v) is 20.2. The quantitative estimate of drug-likeness (QED) is 0.0261. The fourth-order valence-corrected chi connectivity index (χ4v) is 7.97. The Morgan fingerprint density at radius 1 is 0.275 bits per heavy atom. The summed E-state index contributed by atoms with van der Waals surface area (Å²) in [7, 11) is 0. The number of hydrogen-bond acceptors (Lipinski definition) is 6. The molecule has 6 nitrogen and oxygen atoms in total. The Hall–Kier alpha value is -5.49. The van der Waals surface area contributed by atoms with E-state index in [0.29, 0.717) is 19.3 Å². The van der Waals surface area contributed by atoms with Gasteiger partial charge in [-0.25, -0.2) is 0 Å². The predicted molar refractivity (Wildman–Crippen MR) is 348 cm³/mol. The van der Waals surface area contributed by atoms with E-state index in [-0.39, 0.29) is 31.6 Å². The Morgan fingerprint density at radius 3 is 0.838 bits per heavy atom. The first-order valence-corrected chi connectivity index (χ1v) is 31.8. The Labute approximate surface area is 491 Å². The van der Waals surface area contributed by atoms with E-state index >= 15 is 0 Å². The molecule has 0 saturated carbocycles. The number of rotatable bonds is 55. The van der Waals surface area contributed by atoms with Gasteiger partial charge in [0.05, 0.1) is 6.42 Å². The number of allylic oxidation sites excluding steroid dienone is 29. The van der Waals surface area contributed by atoms with Crippen LogP contribution in [0.3, 0.4) is 0 Å². The molecule has 0 aromatic heterocycles. The predicted octanol–water partition coefficient (Wildman–Crippen LogP) is 22.0. The van der Waals surface area contributed by atoms with Gasteiger partial charge in [0.2, 0.25) is 0 Å². The van der Waals surface area contributed by atoms with Crippen molar-refractivity contribution in [2.45, 2.75) is 252 Å². The van der Waals surface area contributed by atoms with Gasteiger partial charge in [0.25, 0.3) is 0 Å². The van der Waals surface area contributed by atoms with Crippen LogP contribution in [0.4, 0.5) is 0 Å². The molecule has 6 heteroatoms. The second kappa shape index (κ2) is 66.0. The maximum absolute atomic E-state index is 12.8. The monoisotopic (exact) mass is 1100 g/mol. The van der Waals surface area contributed by atoms with Gasteiger partial charge in [-0.1, -0.05) is 267 Å². The summed E-state index contributed by atoms with van der Waals surface area (Å²) in [5.41, 5.74) is 0. The molecule has 0 radical (unpaired) electrons. The maximum atomic E-state index is 12.8. The van der Waals surface area contributed by atoms with Gasteiger partial charge in [-0.2, -0.15) is 0 Å². The van der Waals surface area contributed by atoms with E-state index in [9.17, 15) is 14.4 Å². The third-order valence-electron chi connectivity index (χ3n) is 12.7. The van der Waals surface area contributed by atoms with Crippen molar-refractivity contribution >= 4 is 17.9 Å². The number of unbranched alkanes of at least 4 members (excludes halogenated alkanes) is 15. The van der Waals surface area contributed by atoms with Crippen molar-refractivity contribution < 1.29 is 28.6 Å². The van der Waals surface area contributed by atoms with Crippen LogP contribution in [-0.4, -0.2) is 37.2 Å². The molecule has 0 aliphatic rings. The molecule has 1 unspecified atom stereocenters. The Bertz CT molecular complexity index is 1890. The zero-order chi connectivity index (χ0) is 57.8. The molecule has 0 rings (SSSR count). The number of esters is 3. The highest BCUT2D eigenvalue weighted by Gasteiger charge is 2.19. The normalized spacial score (nSPS) is 13.4. The fraction of sp³-hybridized carbons (Fsp3) is 0.554. The summed E-state index contributed by atoms with van der Waals surface area (Å²) in [5, 5.41) is 0. The fourth-order valence-electron chi connectivity index (χ4n) is 7.97. The lowest BCUT2D eigenvalue weighted by molar-refractivity contribution is -0.166. The molecule has 446 valence electrons. The van der Waals surface area contributed by atoms with Gasteiger partial charge in [0.1, 0.15) is 13.2 Å². The van der Waals surface area contributed by atoms with Crippen LogP contribution in [-0.2, 0) is 28.6 Å². The highest BCUT2D eigenvalue weighted by Crippen LogP contribution is 2.13. The van der Waals surface area contributed by atoms with E-state index < -0.39 is 12.1 Å². The molecule has 0 bridgehead atoms. The van der Waals surface area contributed by atoms with E-state index in [1.54, 1.807) is 6.08 Å². The van der Waals surface area contributed by atoms with E-state index in [1.807, 2.05) is 6.08 Å². The number of carbonyl (C=O) groups is 3. The van der Waals surface area contributed by atoms with Crippen molar-refractivity contribution in [2.75, 3.05) is 13.2 Å². The first-order chi connectivity index (χ1) is 39.5. The van der Waals surface area contributed by atoms with Gasteiger partial charge in [-0.05, 0) is 141 Å². The molecule has 0 aromatic rings. The zero-order valence-corrected chi connectivity index (χ0v) is 51.0. The lowest BCUT2D eigenvalue weighted by Crippen LogP contribution is -2.30. The van der Waals surface area contributed by atoms with Crippen molar-refractivity contribution in [1.82, 2.24) is 0 Å². The molecule has 0 aromatic carbocycles. The third kappa shape index (κ3) is 63.3. The van der Waals surface area contributed by atoms with Crippen LogP contribution in [0.15, 0.2) is 182 Å². The lowest BCUT2D eigenvalue weighted by Gasteiger charge is -2.18. The maximum Gasteiger partial charge on any atom is 0.310 e. The second-order valence-electron chi connectivity index (χ2n) is 20.2. The van der Waals surface area contributed by atoms with E-state index in [4.69, 9.17) is 14.2 Å². The van der Waals surface area contributed by atoms with Gasteiger partial charge >= 0.3 is 17.9 Å². The summed E-state index contributed by atoms with van der Waals surface area (Å²) in [6, 6.07) is 0. The molecule has 0 aliphatic carbocycles. The molecular weight excluding hydrogens is 985 g/mol. The van der Waals surface area contributed by atoms with Crippen LogP contribution in [0, 0.1) is 0 Å². The average Bonchev–Trinajstić information content (AvgIpc) is 3.46. The van der Waals surface area contributed by atoms with Crippen molar-refractivity contribution in [1.29, 1.82) is 0 Å². The van der Waals surface area contributed by atoms with E-state index in [1.165, 1.54) is 44.9 Å². The molecule has 0 saturated heterocycles. The van der Waals surface area contributed by atoms with Crippen LogP contribution in [0.1, 0.15) is 245 Å². The summed E-state index contributed by atoms with van der Waals surface area (Å²) in [4.78, 5) is 38.2. The minimum absolute atomic E-state index is 0.0821. The SMILES string of the molecule is CC/C=C\C/C=C\C/C=C\C/C=C\C/C=C\C/C=C\C/C=C\C/C=C\C/C=C\CCCCCCCC(=O)OCC(COC(=O)CCCCCCC/C=C\CCCCCCC)OC(=O)C/C=C\C/C=C\C/C=C\C/C=C\C/C=C\CC. The lowest BCUT2D eigenvalue weighted by atomic mass is 10.1. The molecule has 0 heterocycles. The van der Waals surface area contributed by atoms with Crippen molar-refractivity contribution in [3.63, 3.8) is 0 Å². The number of carbonyl (C=O) groups excluding carboxylic acids is 3. The first-order valence-electron chi connectivity index (χ1n) is 31.8. The molecular formula is C74H114O6. The van der Waals surface area contributed by atoms with E-state index in [2.05, 4.69) is 191 Å². The minimum Gasteiger partial charge on any atom is -0.462 e. The Balaban J connectivity index is 4.42. The Kier molecular flexibility index (Phi) is 61.5. The molecule has 0 spiro atoms.